The highest BCUT2D eigenvalue weighted by molar-refractivity contribution is 7.99. The average Bonchev–Trinajstić information content (AvgIpc) is 3.02. The van der Waals surface area contributed by atoms with Crippen LogP contribution in [0.15, 0.2) is 22.3 Å². The monoisotopic (exact) mass is 291 g/mol. The lowest BCUT2D eigenvalue weighted by Crippen LogP contribution is -2.00. The zero-order chi connectivity index (χ0) is 13.9. The Morgan fingerprint density at radius 1 is 1.30 bits per heavy atom. The zero-order valence-electron chi connectivity index (χ0n) is 10.9. The number of fused-ring (bicyclic) bond motifs is 1. The molecular weight excluding hydrogens is 278 g/mol. The summed E-state index contributed by atoms with van der Waals surface area (Å²) in [6.45, 7) is 2.58. The van der Waals surface area contributed by atoms with Gasteiger partial charge in [0, 0.05) is 19.2 Å². The predicted molar refractivity (Wildman–Crippen MR) is 74.1 cm³/mol. The van der Waals surface area contributed by atoms with E-state index >= 15 is 0 Å². The molecule has 104 valence electrons. The van der Waals surface area contributed by atoms with Crippen LogP contribution in [-0.2, 0) is 6.54 Å². The van der Waals surface area contributed by atoms with E-state index < -0.39 is 0 Å². The summed E-state index contributed by atoms with van der Waals surface area (Å²) in [6.07, 6.45) is 4.12. The number of thioether (sulfide) groups is 1. The van der Waals surface area contributed by atoms with Crippen molar-refractivity contribution < 1.29 is 4.42 Å². The van der Waals surface area contributed by atoms with Crippen LogP contribution >= 0.6 is 11.8 Å². The molecule has 3 aromatic heterocycles. The molecule has 3 aromatic rings. The Labute approximate surface area is 118 Å². The van der Waals surface area contributed by atoms with E-state index in [2.05, 4.69) is 25.1 Å². The highest BCUT2D eigenvalue weighted by atomic mass is 32.2. The summed E-state index contributed by atoms with van der Waals surface area (Å²) in [5, 5.41) is 8.32. The predicted octanol–water partition coefficient (Wildman–Crippen LogP) is 1.28. The summed E-state index contributed by atoms with van der Waals surface area (Å²) in [7, 11) is 0. The van der Waals surface area contributed by atoms with Crippen LogP contribution in [0, 0.1) is 6.92 Å². The second-order valence-electron chi connectivity index (χ2n) is 4.16. The van der Waals surface area contributed by atoms with E-state index in [0.717, 1.165) is 24.4 Å². The molecule has 0 aliphatic heterocycles. The fourth-order valence-corrected chi connectivity index (χ4v) is 2.52. The summed E-state index contributed by atoms with van der Waals surface area (Å²) in [5.41, 5.74) is 7.15. The number of rotatable bonds is 5. The van der Waals surface area contributed by atoms with Crippen LogP contribution in [0.4, 0.5) is 5.82 Å². The van der Waals surface area contributed by atoms with Gasteiger partial charge in [-0.1, -0.05) is 11.8 Å². The maximum absolute atomic E-state index is 5.74. The van der Waals surface area contributed by atoms with Crippen LogP contribution in [0.2, 0.25) is 0 Å². The van der Waals surface area contributed by atoms with Gasteiger partial charge >= 0.3 is 0 Å². The van der Waals surface area contributed by atoms with Gasteiger partial charge in [0.1, 0.15) is 11.8 Å². The van der Waals surface area contributed by atoms with Gasteiger partial charge in [0.2, 0.25) is 5.89 Å². The van der Waals surface area contributed by atoms with E-state index in [-0.39, 0.29) is 0 Å². The van der Waals surface area contributed by atoms with Crippen LogP contribution < -0.4 is 5.73 Å². The average molecular weight is 291 g/mol. The highest BCUT2D eigenvalue weighted by Crippen LogP contribution is 2.18. The summed E-state index contributed by atoms with van der Waals surface area (Å²) in [4.78, 5) is 12.3. The van der Waals surface area contributed by atoms with Crippen molar-refractivity contribution in [2.75, 3.05) is 11.5 Å². The van der Waals surface area contributed by atoms with Crippen molar-refractivity contribution in [2.45, 2.75) is 25.1 Å². The molecule has 0 aliphatic carbocycles. The summed E-state index contributed by atoms with van der Waals surface area (Å²) >= 11 is 1.54. The number of nitrogens with two attached hydrogens (primary N) is 1. The van der Waals surface area contributed by atoms with Gasteiger partial charge in [-0.3, -0.25) is 0 Å². The van der Waals surface area contributed by atoms with Crippen LogP contribution in [0.5, 0.6) is 0 Å². The SMILES string of the molecule is Cc1nnc(SCCCn2cnc3c(N)ncnc32)o1. The van der Waals surface area contributed by atoms with Gasteiger partial charge in [0.25, 0.3) is 5.22 Å². The van der Waals surface area contributed by atoms with Crippen molar-refractivity contribution >= 4 is 28.7 Å². The second-order valence-corrected chi connectivity index (χ2v) is 5.20. The third kappa shape index (κ3) is 2.57. The fraction of sp³-hybridized carbons (Fsp3) is 0.364. The number of hydrogen-bond donors (Lipinski definition) is 1. The van der Waals surface area contributed by atoms with E-state index in [4.69, 9.17) is 10.2 Å². The molecular formula is C11H13N7OS. The molecule has 0 atom stereocenters. The van der Waals surface area contributed by atoms with Gasteiger partial charge < -0.3 is 14.7 Å². The lowest BCUT2D eigenvalue weighted by molar-refractivity contribution is 0.429. The third-order valence-corrected chi connectivity index (χ3v) is 3.61. The Morgan fingerprint density at radius 2 is 2.20 bits per heavy atom. The summed E-state index contributed by atoms with van der Waals surface area (Å²) in [5.74, 6) is 1.87. The number of anilines is 1. The minimum absolute atomic E-state index is 0.407. The Balaban J connectivity index is 1.59. The molecule has 0 amide bonds. The molecule has 20 heavy (non-hydrogen) atoms. The van der Waals surface area contributed by atoms with Crippen molar-refractivity contribution in [1.29, 1.82) is 0 Å². The Bertz CT molecular complexity index is 722. The quantitative estimate of drug-likeness (QED) is 0.553. The van der Waals surface area contributed by atoms with Gasteiger partial charge in [-0.2, -0.15) is 0 Å². The van der Waals surface area contributed by atoms with Crippen LogP contribution in [-0.4, -0.2) is 35.5 Å². The van der Waals surface area contributed by atoms with Gasteiger partial charge in [-0.25, -0.2) is 15.0 Å². The standard InChI is InChI=1S/C11H13N7OS/c1-7-16-17-11(19-7)20-4-2-3-18-6-15-8-9(12)13-5-14-10(8)18/h5-6H,2-4H2,1H3,(H2,12,13,14). The first kappa shape index (κ1) is 12.9. The van der Waals surface area contributed by atoms with Crippen molar-refractivity contribution in [3.05, 3.63) is 18.5 Å². The van der Waals surface area contributed by atoms with Crippen molar-refractivity contribution in [1.82, 2.24) is 29.7 Å². The Morgan fingerprint density at radius 3 is 3.00 bits per heavy atom. The fourth-order valence-electron chi connectivity index (χ4n) is 1.79. The van der Waals surface area contributed by atoms with Crippen LogP contribution in [0.25, 0.3) is 11.2 Å². The molecule has 9 heteroatoms. The number of aromatic nitrogens is 6. The van der Waals surface area contributed by atoms with E-state index in [1.54, 1.807) is 25.0 Å². The minimum atomic E-state index is 0.407. The maximum Gasteiger partial charge on any atom is 0.276 e. The maximum atomic E-state index is 5.74. The Hall–Kier alpha value is -2.16. The van der Waals surface area contributed by atoms with Gasteiger partial charge in [0.05, 0.1) is 6.33 Å². The van der Waals surface area contributed by atoms with Crippen LogP contribution in [0.1, 0.15) is 12.3 Å². The van der Waals surface area contributed by atoms with Crippen molar-refractivity contribution in [3.8, 4) is 0 Å². The largest absolute Gasteiger partial charge is 0.416 e. The highest BCUT2D eigenvalue weighted by Gasteiger charge is 2.08. The number of nitrogens with zero attached hydrogens (tertiary/aromatic N) is 6. The summed E-state index contributed by atoms with van der Waals surface area (Å²) < 4.78 is 7.26. The molecule has 0 saturated carbocycles. The first-order chi connectivity index (χ1) is 9.74. The van der Waals surface area contributed by atoms with E-state index in [0.29, 0.717) is 22.4 Å². The molecule has 0 radical (unpaired) electrons. The second kappa shape index (κ2) is 5.45. The van der Waals surface area contributed by atoms with Crippen molar-refractivity contribution in [2.24, 2.45) is 0 Å². The normalized spacial score (nSPS) is 11.2. The third-order valence-electron chi connectivity index (χ3n) is 2.71. The van der Waals surface area contributed by atoms with E-state index in [9.17, 15) is 0 Å². The molecule has 2 N–H and O–H groups in total. The van der Waals surface area contributed by atoms with Gasteiger partial charge in [-0.15, -0.1) is 10.2 Å². The van der Waals surface area contributed by atoms with Crippen molar-refractivity contribution in [3.63, 3.8) is 0 Å². The van der Waals surface area contributed by atoms with Gasteiger partial charge in [-0.05, 0) is 6.42 Å². The first-order valence-corrected chi connectivity index (χ1v) is 7.07. The first-order valence-electron chi connectivity index (χ1n) is 6.08. The lowest BCUT2D eigenvalue weighted by Gasteiger charge is -2.02. The number of imidazole rings is 1. The molecule has 0 fully saturated rings. The molecule has 3 heterocycles. The van der Waals surface area contributed by atoms with Gasteiger partial charge in [0.15, 0.2) is 11.5 Å². The van der Waals surface area contributed by atoms with Crippen LogP contribution in [0.3, 0.4) is 0 Å². The smallest absolute Gasteiger partial charge is 0.276 e. The topological polar surface area (TPSA) is 109 Å². The lowest BCUT2D eigenvalue weighted by atomic mass is 10.4. The molecule has 0 spiro atoms. The molecule has 8 nitrogen and oxygen atoms in total. The molecule has 3 rings (SSSR count). The number of hydrogen-bond acceptors (Lipinski definition) is 8. The molecule has 0 aliphatic rings. The van der Waals surface area contributed by atoms with E-state index in [1.807, 2.05) is 4.57 Å². The Kier molecular flexibility index (Phi) is 3.50. The summed E-state index contributed by atoms with van der Waals surface area (Å²) in [6, 6.07) is 0. The zero-order valence-corrected chi connectivity index (χ0v) is 11.7. The number of nitrogen functional groups attached to an aromatic ring is 1. The minimum Gasteiger partial charge on any atom is -0.416 e. The number of aryl methyl sites for hydroxylation is 2. The van der Waals surface area contributed by atoms with E-state index in [1.165, 1.54) is 6.33 Å². The molecule has 0 unspecified atom stereocenters. The molecule has 0 aromatic carbocycles. The molecule has 0 bridgehead atoms. The molecule has 0 saturated heterocycles.